The molecule has 0 spiro atoms. The van der Waals surface area contributed by atoms with Crippen molar-refractivity contribution in [1.29, 1.82) is 0 Å². The Morgan fingerprint density at radius 2 is 1.94 bits per heavy atom. The first kappa shape index (κ1) is 12.4. The van der Waals surface area contributed by atoms with Crippen LogP contribution >= 0.6 is 0 Å². The molecule has 0 bridgehead atoms. The summed E-state index contributed by atoms with van der Waals surface area (Å²) in [6.07, 6.45) is 0. The number of carbonyl (C=O) groups excluding carboxylic acids is 1. The molecule has 0 aromatic heterocycles. The topological polar surface area (TPSA) is 64.4 Å². The van der Waals surface area contributed by atoms with Crippen LogP contribution in [0.25, 0.3) is 0 Å². The molecule has 0 heterocycles. The number of nitrogens with one attached hydrogen (secondary N) is 1. The number of hydrogen-bond acceptors (Lipinski definition) is 3. The highest BCUT2D eigenvalue weighted by Crippen LogP contribution is 2.14. The number of nitrogens with two attached hydrogens (primary N) is 1. The standard InChI is InChI=1S/C10H12F2N2O2/c11-7-3-8(12)5-9(4-7)16-2-1-14-10(15)6-13/h3-5H,1-2,6,13H2,(H,14,15). The summed E-state index contributed by atoms with van der Waals surface area (Å²) < 4.78 is 30.5. The number of halogens is 2. The Morgan fingerprint density at radius 1 is 1.31 bits per heavy atom. The van der Waals surface area contributed by atoms with Gasteiger partial charge in [0.1, 0.15) is 24.0 Å². The average molecular weight is 230 g/mol. The van der Waals surface area contributed by atoms with Crippen molar-refractivity contribution in [1.82, 2.24) is 5.32 Å². The van der Waals surface area contributed by atoms with Gasteiger partial charge in [0, 0.05) is 18.2 Å². The summed E-state index contributed by atoms with van der Waals surface area (Å²) in [4.78, 5) is 10.7. The molecule has 6 heteroatoms. The predicted octanol–water partition coefficient (Wildman–Crippen LogP) is 0.418. The lowest BCUT2D eigenvalue weighted by Gasteiger charge is -2.07. The molecule has 1 aromatic carbocycles. The van der Waals surface area contributed by atoms with E-state index in [1.807, 2.05) is 0 Å². The lowest BCUT2D eigenvalue weighted by atomic mass is 10.3. The van der Waals surface area contributed by atoms with E-state index < -0.39 is 11.6 Å². The Kier molecular flexibility index (Phi) is 4.65. The Bertz CT molecular complexity index is 352. The molecule has 0 atom stereocenters. The van der Waals surface area contributed by atoms with Gasteiger partial charge in [0.2, 0.25) is 5.91 Å². The van der Waals surface area contributed by atoms with E-state index in [1.165, 1.54) is 0 Å². The maximum absolute atomic E-state index is 12.7. The minimum atomic E-state index is -0.707. The zero-order valence-electron chi connectivity index (χ0n) is 8.50. The van der Waals surface area contributed by atoms with Crippen LogP contribution in [0.2, 0.25) is 0 Å². The van der Waals surface area contributed by atoms with Gasteiger partial charge in [-0.25, -0.2) is 8.78 Å². The number of ether oxygens (including phenoxy) is 1. The number of amides is 1. The molecule has 0 aliphatic carbocycles. The third-order valence-corrected chi connectivity index (χ3v) is 1.71. The maximum atomic E-state index is 12.7. The van der Waals surface area contributed by atoms with Crippen LogP contribution < -0.4 is 15.8 Å². The molecule has 1 amide bonds. The van der Waals surface area contributed by atoms with Crippen LogP contribution in [0, 0.1) is 11.6 Å². The van der Waals surface area contributed by atoms with Gasteiger partial charge in [-0.1, -0.05) is 0 Å². The average Bonchev–Trinajstić information content (AvgIpc) is 2.22. The largest absolute Gasteiger partial charge is 0.492 e. The Hall–Kier alpha value is -1.69. The van der Waals surface area contributed by atoms with Crippen LogP contribution in [-0.2, 0) is 4.79 Å². The molecule has 1 rings (SSSR count). The second kappa shape index (κ2) is 6.02. The summed E-state index contributed by atoms with van der Waals surface area (Å²) in [5, 5.41) is 2.46. The normalized spacial score (nSPS) is 9.94. The fourth-order valence-electron chi connectivity index (χ4n) is 1.04. The predicted molar refractivity (Wildman–Crippen MR) is 53.9 cm³/mol. The number of benzene rings is 1. The highest BCUT2D eigenvalue weighted by atomic mass is 19.1. The van der Waals surface area contributed by atoms with Crippen LogP contribution in [0.5, 0.6) is 5.75 Å². The highest BCUT2D eigenvalue weighted by Gasteiger charge is 2.01. The van der Waals surface area contributed by atoms with Crippen molar-refractivity contribution < 1.29 is 18.3 Å². The minimum absolute atomic E-state index is 0.0829. The van der Waals surface area contributed by atoms with Gasteiger partial charge in [-0.3, -0.25) is 4.79 Å². The molecule has 0 unspecified atom stereocenters. The Balaban J connectivity index is 2.34. The molecule has 1 aromatic rings. The first-order valence-electron chi connectivity index (χ1n) is 4.67. The second-order valence-corrected chi connectivity index (χ2v) is 3.01. The molecule has 0 radical (unpaired) electrons. The first-order chi connectivity index (χ1) is 7.61. The maximum Gasteiger partial charge on any atom is 0.233 e. The minimum Gasteiger partial charge on any atom is -0.492 e. The van der Waals surface area contributed by atoms with Gasteiger partial charge >= 0.3 is 0 Å². The van der Waals surface area contributed by atoms with E-state index >= 15 is 0 Å². The van der Waals surface area contributed by atoms with Crippen molar-refractivity contribution in [2.24, 2.45) is 5.73 Å². The SMILES string of the molecule is NCC(=O)NCCOc1cc(F)cc(F)c1. The number of hydrogen-bond donors (Lipinski definition) is 2. The van der Waals surface area contributed by atoms with Gasteiger partial charge in [-0.05, 0) is 0 Å². The van der Waals surface area contributed by atoms with Crippen LogP contribution in [0.3, 0.4) is 0 Å². The van der Waals surface area contributed by atoms with E-state index in [-0.39, 0.29) is 31.4 Å². The van der Waals surface area contributed by atoms with E-state index in [2.05, 4.69) is 5.32 Å². The van der Waals surface area contributed by atoms with Gasteiger partial charge < -0.3 is 15.8 Å². The molecule has 0 saturated heterocycles. The third-order valence-electron chi connectivity index (χ3n) is 1.71. The highest BCUT2D eigenvalue weighted by molar-refractivity contribution is 5.77. The first-order valence-corrected chi connectivity index (χ1v) is 4.67. The molecular formula is C10H12F2N2O2. The quantitative estimate of drug-likeness (QED) is 0.720. The molecule has 3 N–H and O–H groups in total. The summed E-state index contributed by atoms with van der Waals surface area (Å²) in [5.74, 6) is -1.64. The third kappa shape index (κ3) is 4.22. The van der Waals surface area contributed by atoms with Crippen molar-refractivity contribution >= 4 is 5.91 Å². The Labute approximate surface area is 91.4 Å². The molecule has 88 valence electrons. The number of carbonyl (C=O) groups is 1. The molecule has 4 nitrogen and oxygen atoms in total. The summed E-state index contributed by atoms with van der Waals surface area (Å²) in [6.45, 7) is 0.247. The van der Waals surface area contributed by atoms with Crippen molar-refractivity contribution in [2.75, 3.05) is 19.7 Å². The van der Waals surface area contributed by atoms with Gasteiger partial charge in [0.15, 0.2) is 0 Å². The van der Waals surface area contributed by atoms with Gasteiger partial charge in [0.05, 0.1) is 13.1 Å². The summed E-state index contributed by atoms with van der Waals surface area (Å²) in [5.41, 5.74) is 5.05. The van der Waals surface area contributed by atoms with Gasteiger partial charge in [0.25, 0.3) is 0 Å². The molecule has 0 aliphatic rings. The zero-order valence-corrected chi connectivity index (χ0v) is 8.50. The zero-order chi connectivity index (χ0) is 12.0. The summed E-state index contributed by atoms with van der Waals surface area (Å²) >= 11 is 0. The molecular weight excluding hydrogens is 218 g/mol. The van der Waals surface area contributed by atoms with E-state index in [4.69, 9.17) is 10.5 Å². The van der Waals surface area contributed by atoms with Crippen molar-refractivity contribution in [3.8, 4) is 5.75 Å². The molecule has 0 fully saturated rings. The van der Waals surface area contributed by atoms with E-state index in [1.54, 1.807) is 0 Å². The van der Waals surface area contributed by atoms with Crippen LogP contribution in [0.15, 0.2) is 18.2 Å². The molecule has 16 heavy (non-hydrogen) atoms. The van der Waals surface area contributed by atoms with Crippen LogP contribution in [0.1, 0.15) is 0 Å². The van der Waals surface area contributed by atoms with Crippen LogP contribution in [-0.4, -0.2) is 25.6 Å². The van der Waals surface area contributed by atoms with E-state index in [0.717, 1.165) is 18.2 Å². The van der Waals surface area contributed by atoms with Crippen molar-refractivity contribution in [3.05, 3.63) is 29.8 Å². The monoisotopic (exact) mass is 230 g/mol. The summed E-state index contributed by atoms with van der Waals surface area (Å²) in [7, 11) is 0. The summed E-state index contributed by atoms with van der Waals surface area (Å²) in [6, 6.07) is 2.88. The Morgan fingerprint density at radius 3 is 2.50 bits per heavy atom. The lowest BCUT2D eigenvalue weighted by Crippen LogP contribution is -2.33. The van der Waals surface area contributed by atoms with E-state index in [9.17, 15) is 13.6 Å². The lowest BCUT2D eigenvalue weighted by molar-refractivity contribution is -0.119. The van der Waals surface area contributed by atoms with E-state index in [0.29, 0.717) is 0 Å². The van der Waals surface area contributed by atoms with Gasteiger partial charge in [-0.15, -0.1) is 0 Å². The van der Waals surface area contributed by atoms with Crippen LogP contribution in [0.4, 0.5) is 8.78 Å². The van der Waals surface area contributed by atoms with Gasteiger partial charge in [-0.2, -0.15) is 0 Å². The second-order valence-electron chi connectivity index (χ2n) is 3.01. The fourth-order valence-corrected chi connectivity index (χ4v) is 1.04. The number of rotatable bonds is 5. The van der Waals surface area contributed by atoms with Crippen molar-refractivity contribution in [2.45, 2.75) is 0 Å². The fraction of sp³-hybridized carbons (Fsp3) is 0.300. The van der Waals surface area contributed by atoms with Crippen molar-refractivity contribution in [3.63, 3.8) is 0 Å². The molecule has 0 aliphatic heterocycles. The molecule has 0 saturated carbocycles. The smallest absolute Gasteiger partial charge is 0.233 e.